The fourth-order valence-corrected chi connectivity index (χ4v) is 3.27. The number of aromatic nitrogens is 1. The first-order chi connectivity index (χ1) is 12.8. The van der Waals surface area contributed by atoms with Crippen molar-refractivity contribution in [3.05, 3.63) is 56.9 Å². The number of benzene rings is 1. The molecule has 2 aromatic rings. The summed E-state index contributed by atoms with van der Waals surface area (Å²) >= 11 is 0. The lowest BCUT2D eigenvalue weighted by atomic mass is 10.1. The minimum Gasteiger partial charge on any atom is -0.454 e. The summed E-state index contributed by atoms with van der Waals surface area (Å²) in [4.78, 5) is 35.2. The maximum Gasteiger partial charge on any atom is 0.340 e. The highest BCUT2D eigenvalue weighted by molar-refractivity contribution is 6.02. The van der Waals surface area contributed by atoms with Crippen LogP contribution in [-0.2, 0) is 4.74 Å². The van der Waals surface area contributed by atoms with Gasteiger partial charge in [0.15, 0.2) is 6.61 Å². The van der Waals surface area contributed by atoms with Gasteiger partial charge in [-0.1, -0.05) is 0 Å². The number of carbonyl (C=O) groups excluding carboxylic acids is 2. The van der Waals surface area contributed by atoms with Crippen molar-refractivity contribution >= 4 is 23.1 Å². The number of nitro groups is 1. The summed E-state index contributed by atoms with van der Waals surface area (Å²) in [5.74, 6) is -1.08. The van der Waals surface area contributed by atoms with Crippen LogP contribution in [0, 0.1) is 24.0 Å². The Balaban J connectivity index is 1.74. The first-order valence-corrected chi connectivity index (χ1v) is 8.68. The Hall–Kier alpha value is -3.16. The van der Waals surface area contributed by atoms with E-state index in [1.54, 1.807) is 7.05 Å². The molecule has 0 bridgehead atoms. The smallest absolute Gasteiger partial charge is 0.340 e. The molecule has 0 spiro atoms. The number of carbonyl (C=O) groups is 2. The van der Waals surface area contributed by atoms with Crippen LogP contribution in [0.25, 0.3) is 0 Å². The van der Waals surface area contributed by atoms with Gasteiger partial charge in [0.05, 0.1) is 10.5 Å². The molecule has 142 valence electrons. The van der Waals surface area contributed by atoms with Gasteiger partial charge in [0, 0.05) is 47.9 Å². The molecule has 1 heterocycles. The highest BCUT2D eigenvalue weighted by Crippen LogP contribution is 2.38. The van der Waals surface area contributed by atoms with E-state index in [0.29, 0.717) is 17.3 Å². The van der Waals surface area contributed by atoms with Crippen LogP contribution < -0.4 is 5.32 Å². The summed E-state index contributed by atoms with van der Waals surface area (Å²) in [6, 6.07) is 6.13. The van der Waals surface area contributed by atoms with Crippen LogP contribution in [0.4, 0.5) is 11.4 Å². The molecule has 0 atom stereocenters. The largest absolute Gasteiger partial charge is 0.454 e. The van der Waals surface area contributed by atoms with Gasteiger partial charge in [-0.2, -0.15) is 0 Å². The summed E-state index contributed by atoms with van der Waals surface area (Å²) in [6.45, 7) is 3.43. The standard InChI is InChI=1S/C19H21N3O5/c1-11-8-15(12(2)21(11)13-4-5-13)18(23)10-27-19(24)16-9-14(22(25)26)6-7-17(16)20-3/h6-9,13,20H,4-5,10H2,1-3H3. The SMILES string of the molecule is CNc1ccc([N+](=O)[O-])cc1C(=O)OCC(=O)c1cc(C)n(C2CC2)c1C. The molecule has 3 rings (SSSR count). The van der Waals surface area contributed by atoms with Crippen molar-refractivity contribution in [2.75, 3.05) is 19.0 Å². The van der Waals surface area contributed by atoms with Gasteiger partial charge in [-0.05, 0) is 38.8 Å². The topological polar surface area (TPSA) is 103 Å². The molecule has 0 amide bonds. The van der Waals surface area contributed by atoms with Crippen molar-refractivity contribution in [1.29, 1.82) is 0 Å². The Morgan fingerprint density at radius 3 is 2.56 bits per heavy atom. The number of nitrogens with one attached hydrogen (secondary N) is 1. The van der Waals surface area contributed by atoms with Gasteiger partial charge in [-0.3, -0.25) is 14.9 Å². The Kier molecular flexibility index (Phi) is 4.98. The Morgan fingerprint density at radius 1 is 1.26 bits per heavy atom. The second-order valence-corrected chi connectivity index (χ2v) is 6.62. The minimum absolute atomic E-state index is 0.0166. The van der Waals surface area contributed by atoms with Crippen LogP contribution in [0.2, 0.25) is 0 Å². The number of ether oxygens (including phenoxy) is 1. The number of rotatable bonds is 7. The van der Waals surface area contributed by atoms with Crippen LogP contribution in [-0.4, -0.2) is 34.9 Å². The summed E-state index contributed by atoms with van der Waals surface area (Å²) in [6.07, 6.45) is 2.22. The number of hydrogen-bond donors (Lipinski definition) is 1. The van der Waals surface area contributed by atoms with Crippen LogP contribution >= 0.6 is 0 Å². The van der Waals surface area contributed by atoms with Gasteiger partial charge in [-0.15, -0.1) is 0 Å². The van der Waals surface area contributed by atoms with E-state index in [1.807, 2.05) is 19.9 Å². The van der Waals surface area contributed by atoms with Crippen molar-refractivity contribution in [3.63, 3.8) is 0 Å². The van der Waals surface area contributed by atoms with Crippen LogP contribution in [0.15, 0.2) is 24.3 Å². The molecule has 27 heavy (non-hydrogen) atoms. The van der Waals surface area contributed by atoms with E-state index in [9.17, 15) is 19.7 Å². The number of hydrogen-bond acceptors (Lipinski definition) is 6. The lowest BCUT2D eigenvalue weighted by molar-refractivity contribution is -0.384. The van der Waals surface area contributed by atoms with Crippen molar-refractivity contribution in [1.82, 2.24) is 4.57 Å². The van der Waals surface area contributed by atoms with E-state index >= 15 is 0 Å². The highest BCUT2D eigenvalue weighted by atomic mass is 16.6. The fraction of sp³-hybridized carbons (Fsp3) is 0.368. The average molecular weight is 371 g/mol. The molecule has 1 saturated carbocycles. The zero-order valence-corrected chi connectivity index (χ0v) is 15.4. The van der Waals surface area contributed by atoms with E-state index in [1.165, 1.54) is 12.1 Å². The van der Waals surface area contributed by atoms with Gasteiger partial charge < -0.3 is 14.6 Å². The normalized spacial score (nSPS) is 13.3. The molecule has 1 aliphatic carbocycles. The number of non-ortho nitro benzene ring substituents is 1. The zero-order chi connectivity index (χ0) is 19.7. The number of Topliss-reactive ketones (excluding diaryl/α,β-unsaturated/α-hetero) is 1. The highest BCUT2D eigenvalue weighted by Gasteiger charge is 2.28. The number of anilines is 1. The van der Waals surface area contributed by atoms with Gasteiger partial charge in [0.2, 0.25) is 5.78 Å². The lowest BCUT2D eigenvalue weighted by Crippen LogP contribution is -2.16. The summed E-state index contributed by atoms with van der Waals surface area (Å²) in [5, 5.41) is 13.7. The molecule has 0 saturated heterocycles. The van der Waals surface area contributed by atoms with Crippen molar-refractivity contribution in [2.45, 2.75) is 32.7 Å². The number of aryl methyl sites for hydroxylation is 1. The average Bonchev–Trinajstić information content (AvgIpc) is 3.43. The Bertz CT molecular complexity index is 928. The molecule has 0 radical (unpaired) electrons. The van der Waals surface area contributed by atoms with Crippen molar-refractivity contribution < 1.29 is 19.2 Å². The number of esters is 1. The number of nitrogens with zero attached hydrogens (tertiary/aromatic N) is 2. The summed E-state index contributed by atoms with van der Waals surface area (Å²) in [7, 11) is 1.59. The van der Waals surface area contributed by atoms with E-state index in [0.717, 1.165) is 30.3 Å². The molecule has 8 nitrogen and oxygen atoms in total. The van der Waals surface area contributed by atoms with Crippen LogP contribution in [0.3, 0.4) is 0 Å². The predicted molar refractivity (Wildman–Crippen MR) is 99.4 cm³/mol. The lowest BCUT2D eigenvalue weighted by Gasteiger charge is -2.09. The Labute approximate surface area is 156 Å². The monoisotopic (exact) mass is 371 g/mol. The third-order valence-corrected chi connectivity index (χ3v) is 4.73. The van der Waals surface area contributed by atoms with Crippen molar-refractivity contribution in [3.8, 4) is 0 Å². The predicted octanol–water partition coefficient (Wildman–Crippen LogP) is 3.43. The molecule has 1 aliphatic rings. The van der Waals surface area contributed by atoms with Gasteiger partial charge >= 0.3 is 5.97 Å². The third-order valence-electron chi connectivity index (χ3n) is 4.73. The Morgan fingerprint density at radius 2 is 1.96 bits per heavy atom. The summed E-state index contributed by atoms with van der Waals surface area (Å²) in [5.41, 5.74) is 2.62. The number of ketones is 1. The van der Waals surface area contributed by atoms with Gasteiger partial charge in [0.25, 0.3) is 5.69 Å². The second-order valence-electron chi connectivity index (χ2n) is 6.62. The molecular formula is C19H21N3O5. The minimum atomic E-state index is -0.785. The molecular weight excluding hydrogens is 350 g/mol. The van der Waals surface area contributed by atoms with Crippen molar-refractivity contribution in [2.24, 2.45) is 0 Å². The molecule has 0 aliphatic heterocycles. The quantitative estimate of drug-likeness (QED) is 0.346. The van der Waals surface area contributed by atoms with Crippen LogP contribution in [0.5, 0.6) is 0 Å². The van der Waals surface area contributed by atoms with E-state index in [2.05, 4.69) is 9.88 Å². The number of nitro benzene ring substituents is 1. The zero-order valence-electron chi connectivity index (χ0n) is 15.4. The van der Waals surface area contributed by atoms with E-state index < -0.39 is 17.5 Å². The molecule has 0 unspecified atom stereocenters. The van der Waals surface area contributed by atoms with E-state index in [4.69, 9.17) is 4.74 Å². The first kappa shape index (κ1) is 18.6. The molecule has 1 fully saturated rings. The summed E-state index contributed by atoms with van der Waals surface area (Å²) < 4.78 is 7.29. The van der Waals surface area contributed by atoms with Gasteiger partial charge in [-0.25, -0.2) is 4.79 Å². The maximum absolute atomic E-state index is 12.5. The van der Waals surface area contributed by atoms with Crippen LogP contribution in [0.1, 0.15) is 51.0 Å². The molecule has 1 N–H and O–H groups in total. The molecule has 1 aromatic carbocycles. The van der Waals surface area contributed by atoms with Gasteiger partial charge in [0.1, 0.15) is 0 Å². The van der Waals surface area contributed by atoms with E-state index in [-0.39, 0.29) is 17.0 Å². The maximum atomic E-state index is 12.5. The fourth-order valence-electron chi connectivity index (χ4n) is 3.27. The molecule has 1 aromatic heterocycles. The second kappa shape index (κ2) is 7.22. The molecule has 8 heteroatoms. The first-order valence-electron chi connectivity index (χ1n) is 8.68. The third kappa shape index (κ3) is 3.69.